The highest BCUT2D eigenvalue weighted by molar-refractivity contribution is 5.77. The molecule has 0 heterocycles. The van der Waals surface area contributed by atoms with Gasteiger partial charge in [0, 0.05) is 6.42 Å². The summed E-state index contributed by atoms with van der Waals surface area (Å²) in [4.78, 5) is 26.2. The number of aliphatic hydroxyl groups is 2. The van der Waals surface area contributed by atoms with Crippen molar-refractivity contribution < 1.29 is 24.5 Å². The van der Waals surface area contributed by atoms with Crippen molar-refractivity contribution in [3.8, 4) is 0 Å². The van der Waals surface area contributed by atoms with E-state index in [1.54, 1.807) is 0 Å². The first-order valence-corrected chi connectivity index (χ1v) is 28.5. The van der Waals surface area contributed by atoms with Gasteiger partial charge in [0.15, 0.2) is 0 Å². The highest BCUT2D eigenvalue weighted by Crippen LogP contribution is 2.17. The molecule has 3 N–H and O–H groups in total. The number of ether oxygens (including phenoxy) is 1. The molecule has 68 heavy (non-hydrogen) atoms. The minimum Gasteiger partial charge on any atom is -0.462 e. The molecule has 0 bridgehead atoms. The van der Waals surface area contributed by atoms with Gasteiger partial charge in [-0.05, 0) is 103 Å². The largest absolute Gasteiger partial charge is 0.462 e. The topological polar surface area (TPSA) is 95.9 Å². The minimum atomic E-state index is -0.814. The molecule has 3 atom stereocenters. The number of unbranched alkanes of at least 4 members (excludes halogenated alkanes) is 22. The second-order valence-corrected chi connectivity index (χ2v) is 19.0. The van der Waals surface area contributed by atoms with Crippen molar-refractivity contribution in [1.82, 2.24) is 5.32 Å². The Morgan fingerprint density at radius 3 is 1.25 bits per heavy atom. The zero-order valence-electron chi connectivity index (χ0n) is 44.5. The lowest BCUT2D eigenvalue weighted by Gasteiger charge is -2.24. The van der Waals surface area contributed by atoms with Crippen LogP contribution >= 0.6 is 0 Å². The predicted molar refractivity (Wildman–Crippen MR) is 296 cm³/mol. The van der Waals surface area contributed by atoms with Gasteiger partial charge in [-0.3, -0.25) is 9.59 Å². The van der Waals surface area contributed by atoms with E-state index < -0.39 is 18.2 Å². The molecule has 0 aliphatic carbocycles. The Labute approximate surface area is 420 Å². The molecule has 0 saturated carbocycles. The average molecular weight is 947 g/mol. The first kappa shape index (κ1) is 64.8. The van der Waals surface area contributed by atoms with E-state index in [1.807, 2.05) is 0 Å². The smallest absolute Gasteiger partial charge is 0.306 e. The fraction of sp³-hybridized carbons (Fsp3) is 0.710. The molecule has 1 amide bonds. The van der Waals surface area contributed by atoms with Gasteiger partial charge >= 0.3 is 5.97 Å². The molecule has 0 aromatic rings. The summed E-state index contributed by atoms with van der Waals surface area (Å²) in [6.45, 7) is 6.33. The Hall–Kier alpha value is -3.22. The summed E-state index contributed by atoms with van der Waals surface area (Å²) in [5, 5.41) is 23.9. The number of esters is 1. The molecule has 0 aromatic carbocycles. The molecule has 0 saturated heterocycles. The van der Waals surface area contributed by atoms with Crippen LogP contribution in [-0.2, 0) is 14.3 Å². The summed E-state index contributed by atoms with van der Waals surface area (Å²) in [6.07, 6.45) is 73.3. The number of carbonyl (C=O) groups excluding carboxylic acids is 2. The van der Waals surface area contributed by atoms with Crippen LogP contribution in [0, 0.1) is 0 Å². The van der Waals surface area contributed by atoms with Gasteiger partial charge in [0.2, 0.25) is 5.91 Å². The molecule has 0 fully saturated rings. The number of amides is 1. The van der Waals surface area contributed by atoms with Gasteiger partial charge in [-0.15, -0.1) is 0 Å². The molecular formula is C62H107NO5. The molecular weight excluding hydrogens is 839 g/mol. The van der Waals surface area contributed by atoms with Crippen LogP contribution < -0.4 is 5.32 Å². The number of nitrogens with one attached hydrogen (secondary N) is 1. The Kier molecular flexibility index (Phi) is 52.1. The minimum absolute atomic E-state index is 0.0223. The predicted octanol–water partition coefficient (Wildman–Crippen LogP) is 17.7. The second-order valence-electron chi connectivity index (χ2n) is 19.0. The standard InChI is InChI=1S/C62H107NO5/c1-4-7-10-13-16-19-22-25-28-31-32-35-38-41-44-47-50-53-58(68-62(67)55-52-49-46-43-40-37-34-30-27-24-21-18-15-12-9-6-3)56-61(66)63-59(57-64)60(65)54-51-48-45-42-39-36-33-29-26-23-20-17-14-11-8-5-2/h9,12,16,18-19,21,25,27-28,30,32,35,37,40-41,44,58-60,64-65H,4-8,10-11,13-15,17,20,22-24,26,29,31,33-34,36,38-39,42-43,45-57H2,1-3H3,(H,63,66)/b12-9+,19-16-,21-18+,28-25-,30-27+,35-32-,40-37+,44-41-. The first-order chi connectivity index (χ1) is 33.5. The Morgan fingerprint density at radius 2 is 0.809 bits per heavy atom. The molecule has 0 radical (unpaired) electrons. The number of aliphatic hydroxyl groups excluding tert-OH is 2. The third kappa shape index (κ3) is 49.2. The normalized spacial score (nSPS) is 13.9. The van der Waals surface area contributed by atoms with Crippen molar-refractivity contribution in [3.63, 3.8) is 0 Å². The Balaban J connectivity index is 4.72. The van der Waals surface area contributed by atoms with Crippen LogP contribution in [-0.4, -0.2) is 46.9 Å². The van der Waals surface area contributed by atoms with Gasteiger partial charge in [0.1, 0.15) is 6.10 Å². The van der Waals surface area contributed by atoms with E-state index in [4.69, 9.17) is 4.74 Å². The number of rotatable bonds is 50. The average Bonchev–Trinajstić information content (AvgIpc) is 3.33. The number of allylic oxidation sites excluding steroid dienone is 16. The summed E-state index contributed by atoms with van der Waals surface area (Å²) in [6, 6.07) is -0.732. The highest BCUT2D eigenvalue weighted by Gasteiger charge is 2.24. The van der Waals surface area contributed by atoms with Crippen molar-refractivity contribution in [2.45, 2.75) is 277 Å². The molecule has 3 unspecified atom stereocenters. The van der Waals surface area contributed by atoms with Gasteiger partial charge in [0.05, 0.1) is 25.2 Å². The van der Waals surface area contributed by atoms with E-state index in [9.17, 15) is 19.8 Å². The lowest BCUT2D eigenvalue weighted by molar-refractivity contribution is -0.151. The third-order valence-corrected chi connectivity index (χ3v) is 12.4. The fourth-order valence-electron chi connectivity index (χ4n) is 8.12. The first-order valence-electron chi connectivity index (χ1n) is 28.5. The number of carbonyl (C=O) groups is 2. The van der Waals surface area contributed by atoms with Crippen LogP contribution in [0.3, 0.4) is 0 Å². The molecule has 0 aliphatic rings. The molecule has 390 valence electrons. The lowest BCUT2D eigenvalue weighted by atomic mass is 10.0. The van der Waals surface area contributed by atoms with Crippen LogP contribution in [0.1, 0.15) is 258 Å². The highest BCUT2D eigenvalue weighted by atomic mass is 16.5. The zero-order chi connectivity index (χ0) is 49.5. The van der Waals surface area contributed by atoms with Crippen LogP contribution in [0.25, 0.3) is 0 Å². The van der Waals surface area contributed by atoms with Crippen molar-refractivity contribution in [3.05, 3.63) is 97.2 Å². The van der Waals surface area contributed by atoms with Gasteiger partial charge in [-0.2, -0.15) is 0 Å². The van der Waals surface area contributed by atoms with Gasteiger partial charge in [-0.25, -0.2) is 0 Å². The summed E-state index contributed by atoms with van der Waals surface area (Å²) >= 11 is 0. The van der Waals surface area contributed by atoms with Gasteiger partial charge in [-0.1, -0.05) is 240 Å². The van der Waals surface area contributed by atoms with E-state index in [0.29, 0.717) is 19.3 Å². The van der Waals surface area contributed by atoms with E-state index in [0.717, 1.165) is 103 Å². The monoisotopic (exact) mass is 946 g/mol. The summed E-state index contributed by atoms with van der Waals surface area (Å²) < 4.78 is 5.91. The number of hydrogen-bond acceptors (Lipinski definition) is 5. The van der Waals surface area contributed by atoms with Crippen LogP contribution in [0.2, 0.25) is 0 Å². The lowest BCUT2D eigenvalue weighted by Crippen LogP contribution is -2.46. The van der Waals surface area contributed by atoms with Crippen molar-refractivity contribution in [2.75, 3.05) is 6.61 Å². The fourth-order valence-corrected chi connectivity index (χ4v) is 8.12. The summed E-state index contributed by atoms with van der Waals surface area (Å²) in [5.74, 6) is -0.567. The molecule has 0 aliphatic heterocycles. The third-order valence-electron chi connectivity index (χ3n) is 12.4. The van der Waals surface area contributed by atoms with Gasteiger partial charge < -0.3 is 20.3 Å². The second kappa shape index (κ2) is 54.7. The Morgan fingerprint density at radius 1 is 0.441 bits per heavy atom. The van der Waals surface area contributed by atoms with E-state index in [2.05, 4.69) is 123 Å². The summed E-state index contributed by atoms with van der Waals surface area (Å²) in [7, 11) is 0. The van der Waals surface area contributed by atoms with E-state index >= 15 is 0 Å². The Bertz CT molecular complexity index is 1340. The molecule has 0 aromatic heterocycles. The van der Waals surface area contributed by atoms with Crippen molar-refractivity contribution in [1.29, 1.82) is 0 Å². The van der Waals surface area contributed by atoms with Gasteiger partial charge in [0.25, 0.3) is 0 Å². The molecule has 6 heteroatoms. The number of hydrogen-bond donors (Lipinski definition) is 3. The zero-order valence-corrected chi connectivity index (χ0v) is 44.5. The van der Waals surface area contributed by atoms with Crippen LogP contribution in [0.5, 0.6) is 0 Å². The van der Waals surface area contributed by atoms with E-state index in [1.165, 1.54) is 109 Å². The molecule has 6 nitrogen and oxygen atoms in total. The SMILES string of the molecule is CC/C=C/C/C=C/C/C=C/C/C=C/CCCCCC(=O)OC(CCC/C=C\C/C=C\C/C=C\C/C=C\CCCCC)CC(=O)NC(CO)C(O)CCCCCCCCCCCCCCCCCC. The van der Waals surface area contributed by atoms with Crippen molar-refractivity contribution >= 4 is 11.9 Å². The van der Waals surface area contributed by atoms with Crippen LogP contribution in [0.15, 0.2) is 97.2 Å². The maximum absolute atomic E-state index is 13.3. The summed E-state index contributed by atoms with van der Waals surface area (Å²) in [5.41, 5.74) is 0. The maximum atomic E-state index is 13.3. The maximum Gasteiger partial charge on any atom is 0.306 e. The molecule has 0 spiro atoms. The van der Waals surface area contributed by atoms with Crippen molar-refractivity contribution in [2.24, 2.45) is 0 Å². The van der Waals surface area contributed by atoms with Crippen LogP contribution in [0.4, 0.5) is 0 Å². The molecule has 0 rings (SSSR count). The quantitative estimate of drug-likeness (QED) is 0.0321. The van der Waals surface area contributed by atoms with E-state index in [-0.39, 0.29) is 24.9 Å².